The van der Waals surface area contributed by atoms with Crippen LogP contribution >= 0.6 is 0 Å². The Morgan fingerprint density at radius 3 is 2.57 bits per heavy atom. The zero-order valence-corrected chi connectivity index (χ0v) is 9.07. The molecule has 14 heavy (non-hydrogen) atoms. The molecule has 2 rings (SSSR count). The summed E-state index contributed by atoms with van der Waals surface area (Å²) >= 11 is 0. The van der Waals surface area contributed by atoms with Crippen molar-refractivity contribution in [1.82, 2.24) is 14.6 Å². The molecule has 0 aromatic carbocycles. The molecule has 3 heteroatoms. The van der Waals surface area contributed by atoms with E-state index in [0.29, 0.717) is 0 Å². The van der Waals surface area contributed by atoms with E-state index in [1.54, 1.807) is 0 Å². The van der Waals surface area contributed by atoms with Gasteiger partial charge in [0.15, 0.2) is 5.65 Å². The van der Waals surface area contributed by atoms with Crippen LogP contribution in [0, 0.1) is 6.92 Å². The van der Waals surface area contributed by atoms with Crippen molar-refractivity contribution in [2.75, 3.05) is 0 Å². The molecule has 0 amide bonds. The Kier molecular flexibility index (Phi) is 1.84. The molecular weight excluding hydrogens is 174 g/mol. The fraction of sp³-hybridized carbons (Fsp3) is 0.455. The molecule has 0 unspecified atom stereocenters. The minimum atomic E-state index is 0.0849. The molecule has 0 aliphatic heterocycles. The highest BCUT2D eigenvalue weighted by molar-refractivity contribution is 5.39. The van der Waals surface area contributed by atoms with Gasteiger partial charge in [0, 0.05) is 5.41 Å². The van der Waals surface area contributed by atoms with Gasteiger partial charge in [-0.2, -0.15) is 5.10 Å². The lowest BCUT2D eigenvalue weighted by Gasteiger charge is -2.13. The summed E-state index contributed by atoms with van der Waals surface area (Å²) in [5.41, 5.74) is 3.09. The van der Waals surface area contributed by atoms with Crippen molar-refractivity contribution in [3.63, 3.8) is 0 Å². The highest BCUT2D eigenvalue weighted by Gasteiger charge is 2.17. The molecule has 0 aliphatic rings. The molecule has 74 valence electrons. The molecule has 2 heterocycles. The van der Waals surface area contributed by atoms with Gasteiger partial charge >= 0.3 is 0 Å². The Morgan fingerprint density at radius 2 is 1.93 bits per heavy atom. The molecule has 0 spiro atoms. The highest BCUT2D eigenvalue weighted by Crippen LogP contribution is 2.20. The number of imidazole rings is 1. The van der Waals surface area contributed by atoms with Gasteiger partial charge in [0.1, 0.15) is 0 Å². The molecule has 0 aliphatic carbocycles. The van der Waals surface area contributed by atoms with Crippen molar-refractivity contribution in [3.8, 4) is 0 Å². The van der Waals surface area contributed by atoms with Crippen LogP contribution in [-0.4, -0.2) is 14.6 Å². The van der Waals surface area contributed by atoms with Crippen LogP contribution in [0.3, 0.4) is 0 Å². The quantitative estimate of drug-likeness (QED) is 0.636. The second kappa shape index (κ2) is 2.80. The van der Waals surface area contributed by atoms with E-state index < -0.39 is 0 Å². The number of aromatic nitrogens is 3. The molecule has 3 nitrogen and oxygen atoms in total. The lowest BCUT2D eigenvalue weighted by atomic mass is 9.93. The van der Waals surface area contributed by atoms with Gasteiger partial charge in [-0.25, -0.2) is 9.50 Å². The van der Waals surface area contributed by atoms with Crippen LogP contribution in [0.4, 0.5) is 0 Å². The largest absolute Gasteiger partial charge is 0.232 e. The van der Waals surface area contributed by atoms with E-state index in [9.17, 15) is 0 Å². The zero-order chi connectivity index (χ0) is 10.3. The summed E-state index contributed by atoms with van der Waals surface area (Å²) in [6.45, 7) is 8.45. The maximum Gasteiger partial charge on any atom is 0.153 e. The molecule has 2 aromatic rings. The maximum atomic E-state index is 4.53. The van der Waals surface area contributed by atoms with Crippen molar-refractivity contribution < 1.29 is 0 Å². The predicted molar refractivity (Wildman–Crippen MR) is 56.4 cm³/mol. The molecule has 0 bridgehead atoms. The number of fused-ring (bicyclic) bond motifs is 1. The first-order valence-electron chi connectivity index (χ1n) is 4.80. The average molecular weight is 189 g/mol. The summed E-state index contributed by atoms with van der Waals surface area (Å²) in [5.74, 6) is 0. The molecule has 0 atom stereocenters. The van der Waals surface area contributed by atoms with Crippen molar-refractivity contribution in [3.05, 3.63) is 29.7 Å². The van der Waals surface area contributed by atoms with Crippen molar-refractivity contribution in [2.24, 2.45) is 0 Å². The maximum absolute atomic E-state index is 4.53. The van der Waals surface area contributed by atoms with E-state index in [1.807, 2.05) is 29.8 Å². The van der Waals surface area contributed by atoms with Gasteiger partial charge in [-0.15, -0.1) is 0 Å². The Hall–Kier alpha value is -1.38. The standard InChI is InChI=1S/C11H15N3/c1-8-5-6-10-12-9(11(2,3)4)7-14(10)13-8/h5-7H,1-4H3. The fourth-order valence-corrected chi connectivity index (χ4v) is 1.34. The van der Waals surface area contributed by atoms with Crippen LogP contribution in [-0.2, 0) is 5.41 Å². The predicted octanol–water partition coefficient (Wildman–Crippen LogP) is 2.34. The molecule has 0 saturated heterocycles. The number of hydrogen-bond donors (Lipinski definition) is 0. The molecular formula is C11H15N3. The van der Waals surface area contributed by atoms with Gasteiger partial charge in [-0.3, -0.25) is 0 Å². The van der Waals surface area contributed by atoms with Gasteiger partial charge in [0.25, 0.3) is 0 Å². The third-order valence-electron chi connectivity index (χ3n) is 2.22. The summed E-state index contributed by atoms with van der Waals surface area (Å²) in [4.78, 5) is 4.53. The number of nitrogens with zero attached hydrogens (tertiary/aromatic N) is 3. The van der Waals surface area contributed by atoms with Gasteiger partial charge < -0.3 is 0 Å². The number of hydrogen-bond acceptors (Lipinski definition) is 2. The average Bonchev–Trinajstić information content (AvgIpc) is 2.45. The van der Waals surface area contributed by atoms with Gasteiger partial charge in [0.05, 0.1) is 17.6 Å². The van der Waals surface area contributed by atoms with Crippen molar-refractivity contribution >= 4 is 5.65 Å². The minimum absolute atomic E-state index is 0.0849. The summed E-state index contributed by atoms with van der Waals surface area (Å²) in [6.07, 6.45) is 2.00. The topological polar surface area (TPSA) is 30.2 Å². The van der Waals surface area contributed by atoms with Gasteiger partial charge in [0.2, 0.25) is 0 Å². The molecule has 0 fully saturated rings. The zero-order valence-electron chi connectivity index (χ0n) is 9.07. The summed E-state index contributed by atoms with van der Waals surface area (Å²) in [6, 6.07) is 3.98. The van der Waals surface area contributed by atoms with Crippen LogP contribution in [0.2, 0.25) is 0 Å². The summed E-state index contributed by atoms with van der Waals surface area (Å²) in [7, 11) is 0. The van der Waals surface area contributed by atoms with Crippen LogP contribution in [0.25, 0.3) is 5.65 Å². The third kappa shape index (κ3) is 1.50. The lowest BCUT2D eigenvalue weighted by Crippen LogP contribution is -2.11. The molecule has 2 aromatic heterocycles. The second-order valence-electron chi connectivity index (χ2n) is 4.65. The first kappa shape index (κ1) is 9.19. The van der Waals surface area contributed by atoms with Crippen molar-refractivity contribution in [1.29, 1.82) is 0 Å². The van der Waals surface area contributed by atoms with E-state index in [-0.39, 0.29) is 5.41 Å². The normalized spacial score (nSPS) is 12.3. The van der Waals surface area contributed by atoms with E-state index in [1.165, 1.54) is 0 Å². The van der Waals surface area contributed by atoms with Crippen LogP contribution in [0.1, 0.15) is 32.2 Å². The molecule has 0 radical (unpaired) electrons. The van der Waals surface area contributed by atoms with E-state index in [0.717, 1.165) is 17.0 Å². The molecule has 0 saturated carbocycles. The van der Waals surface area contributed by atoms with E-state index in [4.69, 9.17) is 0 Å². The first-order valence-corrected chi connectivity index (χ1v) is 4.80. The SMILES string of the molecule is Cc1ccc2nc(C(C)(C)C)cn2n1. The first-order chi connectivity index (χ1) is 6.47. The number of aryl methyl sites for hydroxylation is 1. The Morgan fingerprint density at radius 1 is 1.21 bits per heavy atom. The monoisotopic (exact) mass is 189 g/mol. The fourth-order valence-electron chi connectivity index (χ4n) is 1.34. The Labute approximate surface area is 83.8 Å². The minimum Gasteiger partial charge on any atom is -0.232 e. The smallest absolute Gasteiger partial charge is 0.153 e. The van der Waals surface area contributed by atoms with Gasteiger partial charge in [-0.05, 0) is 19.1 Å². The second-order valence-corrected chi connectivity index (χ2v) is 4.65. The van der Waals surface area contributed by atoms with Gasteiger partial charge in [-0.1, -0.05) is 20.8 Å². The number of rotatable bonds is 0. The molecule has 0 N–H and O–H groups in total. The van der Waals surface area contributed by atoms with E-state index >= 15 is 0 Å². The van der Waals surface area contributed by atoms with Crippen molar-refractivity contribution in [2.45, 2.75) is 33.1 Å². The Bertz CT molecular complexity index is 463. The lowest BCUT2D eigenvalue weighted by molar-refractivity contribution is 0.572. The van der Waals surface area contributed by atoms with E-state index in [2.05, 4.69) is 30.9 Å². The Balaban J connectivity index is 2.63. The van der Waals surface area contributed by atoms with Crippen LogP contribution in [0.5, 0.6) is 0 Å². The summed E-state index contributed by atoms with van der Waals surface area (Å²) < 4.78 is 1.84. The highest BCUT2D eigenvalue weighted by atomic mass is 15.2. The van der Waals surface area contributed by atoms with Crippen LogP contribution in [0.15, 0.2) is 18.3 Å². The van der Waals surface area contributed by atoms with Crippen LogP contribution < -0.4 is 0 Å². The summed E-state index contributed by atoms with van der Waals surface area (Å²) in [5, 5.41) is 4.36. The third-order valence-corrected chi connectivity index (χ3v) is 2.22.